The molecule has 3 heteroatoms. The molecule has 0 heterocycles. The van der Waals surface area contributed by atoms with Crippen molar-refractivity contribution >= 4 is 37.5 Å². The van der Waals surface area contributed by atoms with Crippen molar-refractivity contribution in [1.82, 2.24) is 0 Å². The minimum Gasteiger partial charge on any atom is -0.0655 e. The molecule has 6 heavy (non-hydrogen) atoms. The van der Waals surface area contributed by atoms with Gasteiger partial charge in [-0.2, -0.15) is 0 Å². The van der Waals surface area contributed by atoms with Gasteiger partial charge in [-0.05, 0) is 13.9 Å². The topological polar surface area (TPSA) is 0 Å². The summed E-state index contributed by atoms with van der Waals surface area (Å²) < 4.78 is 0. The number of hydrogen-bond donors (Lipinski definition) is 0. The standard InChI is InChI=1S/C3H8IPS/c1-2-3-5-6-4/h5H,2-3H2,1H3. The predicted octanol–water partition coefficient (Wildman–Crippen LogP) is 3.07. The van der Waals surface area contributed by atoms with Crippen LogP contribution in [0.4, 0.5) is 0 Å². The van der Waals surface area contributed by atoms with Gasteiger partial charge in [0.15, 0.2) is 0 Å². The summed E-state index contributed by atoms with van der Waals surface area (Å²) in [5, 5.41) is 0. The molecule has 0 rings (SSSR count). The number of hydrogen-bond acceptors (Lipinski definition) is 1. The SMILES string of the molecule is CCCPSI. The zero-order valence-electron chi connectivity index (χ0n) is 3.70. The van der Waals surface area contributed by atoms with Gasteiger partial charge < -0.3 is 0 Å². The lowest BCUT2D eigenvalue weighted by Gasteiger charge is -1.85. The first-order valence-corrected chi connectivity index (χ1v) is 7.21. The van der Waals surface area contributed by atoms with Crippen LogP contribution in [0.15, 0.2) is 0 Å². The van der Waals surface area contributed by atoms with Gasteiger partial charge in [-0.15, -0.1) is 0 Å². The Hall–Kier alpha value is 1.51. The molecule has 0 saturated carbocycles. The minimum absolute atomic E-state index is 1.12. The Morgan fingerprint density at radius 3 is 2.67 bits per heavy atom. The number of halogens is 1. The van der Waals surface area contributed by atoms with E-state index in [1.807, 2.05) is 8.55 Å². The van der Waals surface area contributed by atoms with E-state index in [4.69, 9.17) is 0 Å². The molecule has 0 radical (unpaired) electrons. The van der Waals surface area contributed by atoms with E-state index in [0.29, 0.717) is 0 Å². The van der Waals surface area contributed by atoms with Gasteiger partial charge in [0.25, 0.3) is 0 Å². The lowest BCUT2D eigenvalue weighted by atomic mass is 10.6. The average Bonchev–Trinajstić information content (AvgIpc) is 1.61. The third-order valence-corrected chi connectivity index (χ3v) is 4.96. The third-order valence-electron chi connectivity index (χ3n) is 0.407. The maximum atomic E-state index is 2.34. The van der Waals surface area contributed by atoms with Crippen molar-refractivity contribution < 1.29 is 0 Å². The molecular weight excluding hydrogens is 226 g/mol. The van der Waals surface area contributed by atoms with Gasteiger partial charge in [-0.1, -0.05) is 21.9 Å². The summed E-state index contributed by atoms with van der Waals surface area (Å²) in [6.45, 7) is 2.22. The predicted molar refractivity (Wildman–Crippen MR) is 45.1 cm³/mol. The molecule has 0 bridgehead atoms. The van der Waals surface area contributed by atoms with Crippen molar-refractivity contribution in [1.29, 1.82) is 0 Å². The second kappa shape index (κ2) is 6.51. The average molecular weight is 234 g/mol. The van der Waals surface area contributed by atoms with Crippen LogP contribution in [0.5, 0.6) is 0 Å². The van der Waals surface area contributed by atoms with Crippen LogP contribution in [-0.4, -0.2) is 6.16 Å². The summed E-state index contributed by atoms with van der Waals surface area (Å²) in [6, 6.07) is 0. The van der Waals surface area contributed by atoms with Crippen molar-refractivity contribution in [3.63, 3.8) is 0 Å². The molecule has 0 spiro atoms. The molecule has 0 aliphatic heterocycles. The van der Waals surface area contributed by atoms with Crippen LogP contribution in [0, 0.1) is 0 Å². The van der Waals surface area contributed by atoms with E-state index in [-0.39, 0.29) is 0 Å². The van der Waals surface area contributed by atoms with Gasteiger partial charge in [0, 0.05) is 21.2 Å². The second-order valence-electron chi connectivity index (χ2n) is 0.971. The van der Waals surface area contributed by atoms with E-state index in [9.17, 15) is 0 Å². The lowest BCUT2D eigenvalue weighted by Crippen LogP contribution is -1.59. The van der Waals surface area contributed by atoms with Crippen LogP contribution in [0.1, 0.15) is 13.3 Å². The summed E-state index contributed by atoms with van der Waals surface area (Å²) in [7, 11) is 3.04. The van der Waals surface area contributed by atoms with Crippen LogP contribution >= 0.6 is 37.5 Å². The summed E-state index contributed by atoms with van der Waals surface area (Å²) in [5.74, 6) is 0. The first kappa shape index (κ1) is 7.51. The molecule has 0 aliphatic rings. The first-order valence-electron chi connectivity index (χ1n) is 1.92. The molecule has 0 amide bonds. The Balaban J connectivity index is 2.34. The monoisotopic (exact) mass is 234 g/mol. The zero-order chi connectivity index (χ0) is 4.83. The zero-order valence-corrected chi connectivity index (χ0v) is 7.67. The van der Waals surface area contributed by atoms with Crippen molar-refractivity contribution in [2.75, 3.05) is 6.16 Å². The summed E-state index contributed by atoms with van der Waals surface area (Å²) in [4.78, 5) is 0. The Bertz CT molecular complexity index is 22.8. The molecule has 0 aromatic heterocycles. The van der Waals surface area contributed by atoms with Crippen molar-refractivity contribution in [2.45, 2.75) is 13.3 Å². The first-order chi connectivity index (χ1) is 2.91. The van der Waals surface area contributed by atoms with E-state index >= 15 is 0 Å². The fraction of sp³-hybridized carbons (Fsp3) is 1.00. The molecule has 0 aromatic rings. The van der Waals surface area contributed by atoms with Crippen LogP contribution < -0.4 is 0 Å². The molecule has 0 nitrogen and oxygen atoms in total. The fourth-order valence-electron chi connectivity index (χ4n) is 0.141. The Labute approximate surface area is 57.0 Å². The van der Waals surface area contributed by atoms with E-state index in [1.54, 1.807) is 0 Å². The maximum Gasteiger partial charge on any atom is 0.000460 e. The van der Waals surface area contributed by atoms with Crippen LogP contribution in [0.3, 0.4) is 0 Å². The molecule has 1 atom stereocenters. The highest BCUT2D eigenvalue weighted by atomic mass is 127. The molecule has 0 aromatic carbocycles. The van der Waals surface area contributed by atoms with Gasteiger partial charge in [0.05, 0.1) is 0 Å². The molecule has 0 fully saturated rings. The van der Waals surface area contributed by atoms with E-state index < -0.39 is 0 Å². The molecule has 0 N–H and O–H groups in total. The highest BCUT2D eigenvalue weighted by Gasteiger charge is 1.76. The largest absolute Gasteiger partial charge is 0.0655 e. The summed E-state index contributed by atoms with van der Waals surface area (Å²) in [6.07, 6.45) is 2.74. The lowest BCUT2D eigenvalue weighted by molar-refractivity contribution is 1.11. The van der Waals surface area contributed by atoms with Crippen molar-refractivity contribution in [3.05, 3.63) is 0 Å². The van der Waals surface area contributed by atoms with Gasteiger partial charge >= 0.3 is 0 Å². The normalized spacial score (nSPS) is 11.0. The van der Waals surface area contributed by atoms with Gasteiger partial charge in [-0.3, -0.25) is 0 Å². The molecule has 38 valence electrons. The van der Waals surface area contributed by atoms with Crippen LogP contribution in [-0.2, 0) is 0 Å². The van der Waals surface area contributed by atoms with Crippen LogP contribution in [0.25, 0.3) is 0 Å². The van der Waals surface area contributed by atoms with Gasteiger partial charge in [-0.25, -0.2) is 0 Å². The Morgan fingerprint density at radius 2 is 2.50 bits per heavy atom. The molecule has 0 aliphatic carbocycles. The van der Waals surface area contributed by atoms with E-state index in [0.717, 1.165) is 7.78 Å². The highest BCUT2D eigenvalue weighted by Crippen LogP contribution is 2.35. The minimum atomic E-state index is 1.12. The third kappa shape index (κ3) is 5.51. The van der Waals surface area contributed by atoms with Gasteiger partial charge in [0.2, 0.25) is 0 Å². The molecular formula is C3H8IPS. The quantitative estimate of drug-likeness (QED) is 0.410. The van der Waals surface area contributed by atoms with Crippen molar-refractivity contribution in [2.24, 2.45) is 0 Å². The highest BCUT2D eigenvalue weighted by molar-refractivity contribution is 14.2. The van der Waals surface area contributed by atoms with Crippen LogP contribution in [0.2, 0.25) is 0 Å². The van der Waals surface area contributed by atoms with E-state index in [2.05, 4.69) is 28.1 Å². The fourth-order valence-corrected chi connectivity index (χ4v) is 3.25. The smallest absolute Gasteiger partial charge is 0.000460 e. The second-order valence-corrected chi connectivity index (χ2v) is 7.21. The van der Waals surface area contributed by atoms with Crippen molar-refractivity contribution in [3.8, 4) is 0 Å². The number of rotatable bonds is 3. The van der Waals surface area contributed by atoms with E-state index in [1.165, 1.54) is 12.6 Å². The Morgan fingerprint density at radius 1 is 1.83 bits per heavy atom. The molecule has 1 unspecified atom stereocenters. The van der Waals surface area contributed by atoms with Gasteiger partial charge in [0.1, 0.15) is 0 Å². The summed E-state index contributed by atoms with van der Waals surface area (Å²) in [5.41, 5.74) is 0. The summed E-state index contributed by atoms with van der Waals surface area (Å²) >= 11 is 2.34. The Kier molecular flexibility index (Phi) is 8.15. The molecule has 0 saturated heterocycles. The maximum absolute atomic E-state index is 2.34.